The Kier molecular flexibility index (Phi) is 4.42. The van der Waals surface area contributed by atoms with E-state index in [-0.39, 0.29) is 0 Å². The number of carbonyl (C=O) groups is 1. The molecule has 6 nitrogen and oxygen atoms in total. The van der Waals surface area contributed by atoms with Crippen LogP contribution in [0.25, 0.3) is 0 Å². The molecule has 2 N–H and O–H groups in total. The number of hydrogen-bond acceptors (Lipinski definition) is 5. The van der Waals surface area contributed by atoms with Gasteiger partial charge in [-0.25, -0.2) is 0 Å². The standard InChI is InChI=1S/C10H17N3O3/c1-6(2)4-9-12-8(13-16-9)5-11-7(3)10(14)15/h6-7,11H,4-5H2,1-3H3,(H,14,15)/t7-/m1/s1. The largest absolute Gasteiger partial charge is 0.480 e. The van der Waals surface area contributed by atoms with E-state index >= 15 is 0 Å². The summed E-state index contributed by atoms with van der Waals surface area (Å²) in [5.74, 6) is 0.642. The monoisotopic (exact) mass is 227 g/mol. The lowest BCUT2D eigenvalue weighted by atomic mass is 10.1. The van der Waals surface area contributed by atoms with E-state index in [1.807, 2.05) is 0 Å². The van der Waals surface area contributed by atoms with Crippen molar-refractivity contribution in [2.45, 2.75) is 39.8 Å². The zero-order valence-electron chi connectivity index (χ0n) is 9.73. The lowest BCUT2D eigenvalue weighted by Gasteiger charge is -2.05. The first-order chi connectivity index (χ1) is 7.49. The predicted molar refractivity (Wildman–Crippen MR) is 56.8 cm³/mol. The molecule has 0 aliphatic carbocycles. The number of hydrogen-bond donors (Lipinski definition) is 2. The Morgan fingerprint density at radius 3 is 2.75 bits per heavy atom. The van der Waals surface area contributed by atoms with Crippen molar-refractivity contribution in [3.63, 3.8) is 0 Å². The molecule has 1 rings (SSSR count). The van der Waals surface area contributed by atoms with E-state index in [1.54, 1.807) is 6.92 Å². The predicted octanol–water partition coefficient (Wildman–Crippen LogP) is 0.831. The van der Waals surface area contributed by atoms with Crippen molar-refractivity contribution in [2.24, 2.45) is 5.92 Å². The van der Waals surface area contributed by atoms with Gasteiger partial charge < -0.3 is 9.63 Å². The quantitative estimate of drug-likeness (QED) is 0.748. The van der Waals surface area contributed by atoms with Gasteiger partial charge in [0.1, 0.15) is 6.04 Å². The van der Waals surface area contributed by atoms with Crippen LogP contribution in [0.1, 0.15) is 32.5 Å². The van der Waals surface area contributed by atoms with Gasteiger partial charge in [-0.15, -0.1) is 0 Å². The molecular weight excluding hydrogens is 210 g/mol. The maximum Gasteiger partial charge on any atom is 0.320 e. The molecule has 1 aromatic rings. The maximum atomic E-state index is 10.5. The zero-order valence-corrected chi connectivity index (χ0v) is 9.73. The first-order valence-corrected chi connectivity index (χ1v) is 5.26. The molecule has 0 saturated carbocycles. The van der Waals surface area contributed by atoms with Gasteiger partial charge in [-0.2, -0.15) is 4.98 Å². The number of carboxylic acids is 1. The molecule has 0 saturated heterocycles. The van der Waals surface area contributed by atoms with E-state index in [0.717, 1.165) is 6.42 Å². The number of nitrogens with one attached hydrogen (secondary N) is 1. The Bertz CT molecular complexity index is 349. The first-order valence-electron chi connectivity index (χ1n) is 5.26. The fourth-order valence-electron chi connectivity index (χ4n) is 1.13. The number of aliphatic carboxylic acids is 1. The van der Waals surface area contributed by atoms with Gasteiger partial charge in [0.05, 0.1) is 6.54 Å². The SMILES string of the molecule is CC(C)Cc1nc(CN[C@H](C)C(=O)O)no1. The third-order valence-electron chi connectivity index (χ3n) is 2.03. The molecule has 0 fully saturated rings. The Labute approximate surface area is 94.0 Å². The highest BCUT2D eigenvalue weighted by Crippen LogP contribution is 2.05. The van der Waals surface area contributed by atoms with Gasteiger partial charge in [0.2, 0.25) is 5.89 Å². The van der Waals surface area contributed by atoms with Gasteiger partial charge in [0.15, 0.2) is 5.82 Å². The van der Waals surface area contributed by atoms with Crippen LogP contribution in [0.15, 0.2) is 4.52 Å². The lowest BCUT2D eigenvalue weighted by molar-refractivity contribution is -0.139. The molecule has 1 heterocycles. The van der Waals surface area contributed by atoms with Crippen LogP contribution in [-0.2, 0) is 17.8 Å². The highest BCUT2D eigenvalue weighted by atomic mass is 16.5. The highest BCUT2D eigenvalue weighted by molar-refractivity contribution is 5.72. The maximum absolute atomic E-state index is 10.5. The van der Waals surface area contributed by atoms with Crippen LogP contribution in [0.2, 0.25) is 0 Å². The molecule has 1 aromatic heterocycles. The second kappa shape index (κ2) is 5.60. The van der Waals surface area contributed by atoms with Crippen molar-refractivity contribution < 1.29 is 14.4 Å². The van der Waals surface area contributed by atoms with Gasteiger partial charge >= 0.3 is 5.97 Å². The summed E-state index contributed by atoms with van der Waals surface area (Å²) in [4.78, 5) is 14.7. The molecule has 90 valence electrons. The third kappa shape index (κ3) is 3.98. The van der Waals surface area contributed by atoms with Crippen LogP contribution < -0.4 is 5.32 Å². The van der Waals surface area contributed by atoms with E-state index in [0.29, 0.717) is 24.2 Å². The number of nitrogens with zero attached hydrogens (tertiary/aromatic N) is 2. The normalized spacial score (nSPS) is 13.0. The molecule has 1 atom stereocenters. The minimum Gasteiger partial charge on any atom is -0.480 e. The Hall–Kier alpha value is -1.43. The second-order valence-corrected chi connectivity index (χ2v) is 4.14. The molecule has 16 heavy (non-hydrogen) atoms. The number of aromatic nitrogens is 2. The summed E-state index contributed by atoms with van der Waals surface area (Å²) in [5, 5.41) is 15.2. The molecule has 0 aliphatic heterocycles. The summed E-state index contributed by atoms with van der Waals surface area (Å²) >= 11 is 0. The summed E-state index contributed by atoms with van der Waals surface area (Å²) in [7, 11) is 0. The Balaban J connectivity index is 2.43. The van der Waals surface area contributed by atoms with Crippen LogP contribution in [0.3, 0.4) is 0 Å². The molecule has 0 radical (unpaired) electrons. The van der Waals surface area contributed by atoms with Crippen molar-refractivity contribution in [2.75, 3.05) is 0 Å². The molecule has 0 bridgehead atoms. The van der Waals surface area contributed by atoms with Crippen molar-refractivity contribution in [3.8, 4) is 0 Å². The Morgan fingerprint density at radius 1 is 1.50 bits per heavy atom. The van der Waals surface area contributed by atoms with E-state index < -0.39 is 12.0 Å². The van der Waals surface area contributed by atoms with Crippen LogP contribution in [0.5, 0.6) is 0 Å². The minimum atomic E-state index is -0.897. The summed E-state index contributed by atoms with van der Waals surface area (Å²) in [6.45, 7) is 6.00. The van der Waals surface area contributed by atoms with Crippen molar-refractivity contribution in [1.82, 2.24) is 15.5 Å². The fourth-order valence-corrected chi connectivity index (χ4v) is 1.13. The average Bonchev–Trinajstić information content (AvgIpc) is 2.60. The molecule has 0 spiro atoms. The summed E-state index contributed by atoms with van der Waals surface area (Å²) in [5.41, 5.74) is 0. The molecule has 6 heteroatoms. The topological polar surface area (TPSA) is 88.2 Å². The van der Waals surface area contributed by atoms with E-state index in [2.05, 4.69) is 29.3 Å². The minimum absolute atomic E-state index is 0.301. The number of rotatable bonds is 6. The molecule has 0 aromatic carbocycles. The molecule has 0 aliphatic rings. The van der Waals surface area contributed by atoms with Crippen LogP contribution in [0.4, 0.5) is 0 Å². The van der Waals surface area contributed by atoms with E-state index in [1.165, 1.54) is 0 Å². The lowest BCUT2D eigenvalue weighted by Crippen LogP contribution is -2.33. The summed E-state index contributed by atoms with van der Waals surface area (Å²) in [6.07, 6.45) is 0.738. The smallest absolute Gasteiger partial charge is 0.320 e. The average molecular weight is 227 g/mol. The van der Waals surface area contributed by atoms with E-state index in [4.69, 9.17) is 9.63 Å². The van der Waals surface area contributed by atoms with E-state index in [9.17, 15) is 4.79 Å². The van der Waals surface area contributed by atoms with Crippen molar-refractivity contribution >= 4 is 5.97 Å². The van der Waals surface area contributed by atoms with Crippen LogP contribution >= 0.6 is 0 Å². The molecule has 0 unspecified atom stereocenters. The Morgan fingerprint density at radius 2 is 2.19 bits per heavy atom. The van der Waals surface area contributed by atoms with Gasteiger partial charge in [-0.05, 0) is 12.8 Å². The van der Waals surface area contributed by atoms with Gasteiger partial charge in [0, 0.05) is 6.42 Å². The zero-order chi connectivity index (χ0) is 12.1. The second-order valence-electron chi connectivity index (χ2n) is 4.14. The van der Waals surface area contributed by atoms with Crippen LogP contribution in [-0.4, -0.2) is 27.3 Å². The fraction of sp³-hybridized carbons (Fsp3) is 0.700. The van der Waals surface area contributed by atoms with Gasteiger partial charge in [-0.3, -0.25) is 10.1 Å². The van der Waals surface area contributed by atoms with Crippen molar-refractivity contribution in [1.29, 1.82) is 0 Å². The van der Waals surface area contributed by atoms with Crippen LogP contribution in [0, 0.1) is 5.92 Å². The summed E-state index contributed by atoms with van der Waals surface area (Å²) < 4.78 is 5.02. The molecular formula is C10H17N3O3. The summed E-state index contributed by atoms with van der Waals surface area (Å²) in [6, 6.07) is -0.618. The molecule has 0 amide bonds. The highest BCUT2D eigenvalue weighted by Gasteiger charge is 2.12. The van der Waals surface area contributed by atoms with Gasteiger partial charge in [0.25, 0.3) is 0 Å². The third-order valence-corrected chi connectivity index (χ3v) is 2.03. The van der Waals surface area contributed by atoms with Gasteiger partial charge in [-0.1, -0.05) is 19.0 Å². The number of carboxylic acid groups (broad SMARTS) is 1. The first kappa shape index (κ1) is 12.6. The van der Waals surface area contributed by atoms with Crippen molar-refractivity contribution in [3.05, 3.63) is 11.7 Å².